The van der Waals surface area contributed by atoms with Gasteiger partial charge < -0.3 is 5.11 Å². The molecule has 0 heterocycles. The van der Waals surface area contributed by atoms with Gasteiger partial charge in [-0.05, 0) is 30.2 Å². The van der Waals surface area contributed by atoms with E-state index in [1.807, 2.05) is 0 Å². The van der Waals surface area contributed by atoms with Gasteiger partial charge in [-0.3, -0.25) is 0 Å². The third-order valence-electron chi connectivity index (χ3n) is 4.03. The Balaban J connectivity index is 2.76. The van der Waals surface area contributed by atoms with Crippen LogP contribution in [0.5, 0.6) is 0 Å². The van der Waals surface area contributed by atoms with Crippen molar-refractivity contribution in [2.75, 3.05) is 0 Å². The van der Waals surface area contributed by atoms with Crippen LogP contribution in [0.3, 0.4) is 0 Å². The van der Waals surface area contributed by atoms with Gasteiger partial charge in [0.1, 0.15) is 5.60 Å². The van der Waals surface area contributed by atoms with E-state index in [1.165, 1.54) is 0 Å². The van der Waals surface area contributed by atoms with E-state index in [0.29, 0.717) is 12.0 Å². The van der Waals surface area contributed by atoms with Crippen LogP contribution in [0.1, 0.15) is 30.0 Å². The number of halogens is 4. The topological polar surface area (TPSA) is 20.2 Å². The fourth-order valence-electron chi connectivity index (χ4n) is 2.76. The van der Waals surface area contributed by atoms with Crippen LogP contribution in [0, 0.1) is 18.3 Å². The van der Waals surface area contributed by atoms with Crippen molar-refractivity contribution in [2.24, 2.45) is 5.92 Å². The van der Waals surface area contributed by atoms with Gasteiger partial charge in [-0.25, -0.2) is 0 Å². The van der Waals surface area contributed by atoms with E-state index in [0.717, 1.165) is 18.2 Å². The number of alkyl halides is 3. The monoisotopic (exact) mass is 352 g/mol. The molecule has 0 aliphatic heterocycles. The molecule has 0 aromatic heterocycles. The van der Waals surface area contributed by atoms with Crippen LogP contribution in [0.15, 0.2) is 48.5 Å². The Morgan fingerprint density at radius 2 is 1.75 bits per heavy atom. The highest BCUT2D eigenvalue weighted by Gasteiger charge is 2.42. The lowest BCUT2D eigenvalue weighted by Crippen LogP contribution is -2.36. The molecule has 0 aliphatic carbocycles. The molecule has 2 aromatic carbocycles. The van der Waals surface area contributed by atoms with Crippen molar-refractivity contribution in [3.63, 3.8) is 0 Å². The number of hydrogen-bond acceptors (Lipinski definition) is 1. The van der Waals surface area contributed by atoms with Crippen LogP contribution in [0.25, 0.3) is 0 Å². The third kappa shape index (κ3) is 3.28. The second-order valence-corrected chi connectivity index (χ2v) is 5.86. The van der Waals surface area contributed by atoms with Gasteiger partial charge in [-0.15, -0.1) is 6.42 Å². The minimum absolute atomic E-state index is 0.0306. The van der Waals surface area contributed by atoms with Gasteiger partial charge in [0.25, 0.3) is 0 Å². The van der Waals surface area contributed by atoms with Crippen molar-refractivity contribution in [1.29, 1.82) is 0 Å². The average Bonchev–Trinajstić information content (AvgIpc) is 2.55. The van der Waals surface area contributed by atoms with Crippen molar-refractivity contribution in [2.45, 2.75) is 25.1 Å². The molecule has 2 aromatic rings. The zero-order valence-corrected chi connectivity index (χ0v) is 13.7. The molecule has 1 N–H and O–H groups in total. The number of terminal acetylenes is 1. The van der Waals surface area contributed by atoms with Crippen molar-refractivity contribution in [3.05, 3.63) is 70.2 Å². The van der Waals surface area contributed by atoms with E-state index in [2.05, 4.69) is 5.92 Å². The Bertz CT molecular complexity index is 749. The van der Waals surface area contributed by atoms with Gasteiger partial charge in [0.2, 0.25) is 0 Å². The lowest BCUT2D eigenvalue weighted by Gasteiger charge is -2.35. The second-order valence-electron chi connectivity index (χ2n) is 5.45. The van der Waals surface area contributed by atoms with E-state index in [-0.39, 0.29) is 10.6 Å². The summed E-state index contributed by atoms with van der Waals surface area (Å²) in [6, 6.07) is 11.2. The Morgan fingerprint density at radius 1 is 1.12 bits per heavy atom. The Morgan fingerprint density at radius 3 is 2.25 bits per heavy atom. The Labute approximate surface area is 144 Å². The van der Waals surface area contributed by atoms with E-state index in [9.17, 15) is 18.3 Å². The molecule has 2 atom stereocenters. The molecule has 0 fully saturated rings. The van der Waals surface area contributed by atoms with Crippen molar-refractivity contribution in [3.8, 4) is 12.3 Å². The van der Waals surface area contributed by atoms with Crippen LogP contribution >= 0.6 is 11.6 Å². The molecule has 0 radical (unpaired) electrons. The molecule has 126 valence electrons. The van der Waals surface area contributed by atoms with Gasteiger partial charge in [0, 0.05) is 10.6 Å². The standard InChI is InChI=1S/C19H16ClF3O/c1-3-13(4-2)18(24,14-8-6-5-7-9-14)16-12-15(19(21,22)23)10-11-17(16)20/h1,5-13,24H,4H2,2H3. The molecule has 5 heteroatoms. The van der Waals surface area contributed by atoms with Crippen LogP contribution in [0.2, 0.25) is 5.02 Å². The van der Waals surface area contributed by atoms with Crippen LogP contribution < -0.4 is 0 Å². The summed E-state index contributed by atoms with van der Waals surface area (Å²) in [7, 11) is 0. The maximum absolute atomic E-state index is 13.1. The van der Waals surface area contributed by atoms with Crippen molar-refractivity contribution < 1.29 is 18.3 Å². The van der Waals surface area contributed by atoms with Crippen LogP contribution in [-0.4, -0.2) is 5.11 Å². The minimum atomic E-state index is -4.55. The normalized spacial score (nSPS) is 15.4. The molecule has 0 saturated heterocycles. The van der Waals surface area contributed by atoms with Crippen molar-refractivity contribution in [1.82, 2.24) is 0 Å². The summed E-state index contributed by atoms with van der Waals surface area (Å²) in [5.41, 5.74) is -2.35. The lowest BCUT2D eigenvalue weighted by atomic mass is 9.75. The van der Waals surface area contributed by atoms with E-state index in [4.69, 9.17) is 18.0 Å². The van der Waals surface area contributed by atoms with Gasteiger partial charge in [0.15, 0.2) is 0 Å². The molecule has 2 unspecified atom stereocenters. The summed E-state index contributed by atoms with van der Waals surface area (Å²) in [5.74, 6) is 1.75. The highest BCUT2D eigenvalue weighted by Crippen LogP contribution is 2.43. The molecule has 1 nitrogen and oxygen atoms in total. The lowest BCUT2D eigenvalue weighted by molar-refractivity contribution is -0.137. The summed E-state index contributed by atoms with van der Waals surface area (Å²) in [6.07, 6.45) is 1.37. The quantitative estimate of drug-likeness (QED) is 0.745. The van der Waals surface area contributed by atoms with E-state index < -0.39 is 23.3 Å². The zero-order chi connectivity index (χ0) is 18.0. The van der Waals surface area contributed by atoms with Gasteiger partial charge in [0.05, 0.1) is 11.5 Å². The van der Waals surface area contributed by atoms with Crippen molar-refractivity contribution >= 4 is 11.6 Å². The highest BCUT2D eigenvalue weighted by molar-refractivity contribution is 6.31. The number of benzene rings is 2. The first-order valence-corrected chi connectivity index (χ1v) is 7.74. The average molecular weight is 353 g/mol. The molecular formula is C19H16ClF3O. The zero-order valence-electron chi connectivity index (χ0n) is 12.9. The highest BCUT2D eigenvalue weighted by atomic mass is 35.5. The smallest absolute Gasteiger partial charge is 0.379 e. The van der Waals surface area contributed by atoms with E-state index >= 15 is 0 Å². The summed E-state index contributed by atoms with van der Waals surface area (Å²) < 4.78 is 39.3. The molecule has 0 aliphatic rings. The van der Waals surface area contributed by atoms with Crippen LogP contribution in [-0.2, 0) is 11.8 Å². The van der Waals surface area contributed by atoms with Gasteiger partial charge >= 0.3 is 6.18 Å². The van der Waals surface area contributed by atoms with Crippen LogP contribution in [0.4, 0.5) is 13.2 Å². The maximum atomic E-state index is 13.1. The molecule has 0 bridgehead atoms. The van der Waals surface area contributed by atoms with Gasteiger partial charge in [-0.1, -0.05) is 54.8 Å². The number of hydrogen-bond donors (Lipinski definition) is 1. The third-order valence-corrected chi connectivity index (χ3v) is 4.36. The largest absolute Gasteiger partial charge is 0.416 e. The predicted molar refractivity (Wildman–Crippen MR) is 88.5 cm³/mol. The molecule has 0 amide bonds. The SMILES string of the molecule is C#CC(CC)C(O)(c1ccccc1)c1cc(C(F)(F)F)ccc1Cl. The molecule has 0 saturated carbocycles. The minimum Gasteiger partial charge on any atom is -0.379 e. The molecular weight excluding hydrogens is 337 g/mol. The molecule has 2 rings (SSSR count). The first-order chi connectivity index (χ1) is 11.2. The molecule has 0 spiro atoms. The fraction of sp³-hybridized carbons (Fsp3) is 0.263. The number of rotatable bonds is 4. The summed E-state index contributed by atoms with van der Waals surface area (Å²) >= 11 is 6.14. The number of aliphatic hydroxyl groups is 1. The summed E-state index contributed by atoms with van der Waals surface area (Å²) in [4.78, 5) is 0. The molecule has 24 heavy (non-hydrogen) atoms. The van der Waals surface area contributed by atoms with E-state index in [1.54, 1.807) is 37.3 Å². The Kier molecular flexibility index (Phi) is 5.27. The summed E-state index contributed by atoms with van der Waals surface area (Å²) in [6.45, 7) is 1.76. The summed E-state index contributed by atoms with van der Waals surface area (Å²) in [5, 5.41) is 11.4. The fourth-order valence-corrected chi connectivity index (χ4v) is 3.03. The van der Waals surface area contributed by atoms with Gasteiger partial charge in [-0.2, -0.15) is 13.2 Å². The predicted octanol–water partition coefficient (Wildman–Crippen LogP) is 5.25. The maximum Gasteiger partial charge on any atom is 0.416 e. The first-order valence-electron chi connectivity index (χ1n) is 7.36. The first kappa shape index (κ1) is 18.4. The Hall–Kier alpha value is -1.96. The second kappa shape index (κ2) is 6.88.